The molecule has 0 N–H and O–H groups in total. The molecule has 6 atom stereocenters. The quantitative estimate of drug-likeness (QED) is 0.497. The van der Waals surface area contributed by atoms with Crippen LogP contribution in [0.3, 0.4) is 0 Å². The average molecular weight is 358 g/mol. The molecule has 2 saturated heterocycles. The number of fused-ring (bicyclic) bond motifs is 1. The molecule has 0 amide bonds. The van der Waals surface area contributed by atoms with E-state index in [1.54, 1.807) is 6.08 Å². The zero-order valence-electron chi connectivity index (χ0n) is 14.8. The maximum absolute atomic E-state index is 11.6. The predicted octanol–water partition coefficient (Wildman–Crippen LogP) is 1.32. The van der Waals surface area contributed by atoms with Crippen molar-refractivity contribution >= 4 is 11.9 Å². The molecule has 8 nitrogen and oxygen atoms in total. The maximum atomic E-state index is 11.6. The number of rotatable bonds is 7. The van der Waals surface area contributed by atoms with Crippen molar-refractivity contribution in [2.24, 2.45) is 0 Å². The monoisotopic (exact) mass is 358 g/mol. The molecule has 0 aliphatic carbocycles. The molecule has 0 bridgehead atoms. The highest BCUT2D eigenvalue weighted by molar-refractivity contribution is 5.67. The van der Waals surface area contributed by atoms with Crippen LogP contribution < -0.4 is 0 Å². The van der Waals surface area contributed by atoms with Gasteiger partial charge >= 0.3 is 11.9 Å². The second-order valence-corrected chi connectivity index (χ2v) is 5.97. The lowest BCUT2D eigenvalue weighted by Crippen LogP contribution is -2.65. The van der Waals surface area contributed by atoms with E-state index in [1.165, 1.54) is 13.8 Å². The number of carbonyl (C=O) groups is 2. The lowest BCUT2D eigenvalue weighted by Gasteiger charge is -2.47. The number of hydrogen-bond donors (Lipinski definition) is 0. The Bertz CT molecular complexity index is 479. The van der Waals surface area contributed by atoms with Gasteiger partial charge in [0.05, 0.1) is 13.2 Å². The Morgan fingerprint density at radius 1 is 1.16 bits per heavy atom. The van der Waals surface area contributed by atoms with Crippen LogP contribution in [-0.4, -0.2) is 62.1 Å². The molecule has 2 fully saturated rings. The smallest absolute Gasteiger partial charge is 0.303 e. The summed E-state index contributed by atoms with van der Waals surface area (Å²) in [7, 11) is 0. The van der Waals surface area contributed by atoms with Crippen molar-refractivity contribution in [3.8, 4) is 0 Å². The van der Waals surface area contributed by atoms with Gasteiger partial charge in [-0.1, -0.05) is 19.4 Å². The number of esters is 2. The van der Waals surface area contributed by atoms with E-state index in [-0.39, 0.29) is 13.2 Å². The fourth-order valence-electron chi connectivity index (χ4n) is 2.92. The first-order chi connectivity index (χ1) is 12.0. The SMILES string of the molecule is C=CCO[C@@H]1O[C@@H]2CO[C@@H](CCC)O[C@H]2[C@H](OC(C)=O)[C@H]1OC(C)=O. The van der Waals surface area contributed by atoms with Crippen LogP contribution in [0.25, 0.3) is 0 Å². The van der Waals surface area contributed by atoms with Gasteiger partial charge in [-0.2, -0.15) is 0 Å². The molecule has 0 unspecified atom stereocenters. The standard InChI is InChI=1S/C17H26O8/c1-5-7-13-21-9-12-14(25-13)15(22-10(3)18)16(23-11(4)19)17(24-12)20-8-6-2/h6,12-17H,2,5,7-9H2,1,3-4H3/t12-,13-,14-,15+,16-,17-/m1/s1. The van der Waals surface area contributed by atoms with E-state index in [4.69, 9.17) is 28.4 Å². The lowest BCUT2D eigenvalue weighted by atomic mass is 9.97. The number of carbonyl (C=O) groups excluding carboxylic acids is 2. The van der Waals surface area contributed by atoms with Crippen molar-refractivity contribution in [2.75, 3.05) is 13.2 Å². The summed E-state index contributed by atoms with van der Waals surface area (Å²) in [6, 6.07) is 0. The van der Waals surface area contributed by atoms with Crippen molar-refractivity contribution in [2.45, 2.75) is 70.6 Å². The largest absolute Gasteiger partial charge is 0.455 e. The summed E-state index contributed by atoms with van der Waals surface area (Å²) in [6.07, 6.45) is -1.11. The van der Waals surface area contributed by atoms with Crippen molar-refractivity contribution in [1.82, 2.24) is 0 Å². The van der Waals surface area contributed by atoms with Crippen LogP contribution >= 0.6 is 0 Å². The van der Waals surface area contributed by atoms with Crippen LogP contribution in [0.15, 0.2) is 12.7 Å². The van der Waals surface area contributed by atoms with Crippen molar-refractivity contribution in [1.29, 1.82) is 0 Å². The molecular weight excluding hydrogens is 332 g/mol. The van der Waals surface area contributed by atoms with Crippen LogP contribution in [-0.2, 0) is 38.0 Å². The fourth-order valence-corrected chi connectivity index (χ4v) is 2.92. The molecule has 2 heterocycles. The summed E-state index contributed by atoms with van der Waals surface area (Å²) in [5.74, 6) is -1.04. The van der Waals surface area contributed by atoms with Gasteiger partial charge in [-0.25, -0.2) is 0 Å². The first-order valence-corrected chi connectivity index (χ1v) is 8.45. The molecule has 25 heavy (non-hydrogen) atoms. The van der Waals surface area contributed by atoms with Gasteiger partial charge in [-0.15, -0.1) is 6.58 Å². The third kappa shape index (κ3) is 5.24. The van der Waals surface area contributed by atoms with E-state index in [1.807, 2.05) is 6.92 Å². The number of hydrogen-bond acceptors (Lipinski definition) is 8. The van der Waals surface area contributed by atoms with Crippen LogP contribution in [0, 0.1) is 0 Å². The molecule has 0 saturated carbocycles. The molecule has 8 heteroatoms. The molecule has 2 rings (SSSR count). The van der Waals surface area contributed by atoms with Gasteiger partial charge in [0.25, 0.3) is 0 Å². The maximum Gasteiger partial charge on any atom is 0.303 e. The fraction of sp³-hybridized carbons (Fsp3) is 0.765. The van der Waals surface area contributed by atoms with Gasteiger partial charge in [0.2, 0.25) is 0 Å². The molecular formula is C17H26O8. The van der Waals surface area contributed by atoms with Gasteiger partial charge in [-0.05, 0) is 6.42 Å². The van der Waals surface area contributed by atoms with Gasteiger partial charge in [0.15, 0.2) is 24.8 Å². The van der Waals surface area contributed by atoms with E-state index in [0.29, 0.717) is 6.42 Å². The van der Waals surface area contributed by atoms with E-state index in [2.05, 4.69) is 6.58 Å². The highest BCUT2D eigenvalue weighted by atomic mass is 16.8. The molecule has 2 aliphatic heterocycles. The molecule has 2 aliphatic rings. The Kier molecular flexibility index (Phi) is 7.37. The Morgan fingerprint density at radius 2 is 1.84 bits per heavy atom. The summed E-state index contributed by atoms with van der Waals surface area (Å²) in [5, 5.41) is 0. The van der Waals surface area contributed by atoms with Gasteiger partial charge in [0, 0.05) is 13.8 Å². The van der Waals surface area contributed by atoms with Crippen molar-refractivity contribution < 1.29 is 38.0 Å². The van der Waals surface area contributed by atoms with E-state index in [9.17, 15) is 9.59 Å². The minimum Gasteiger partial charge on any atom is -0.455 e. The highest BCUT2D eigenvalue weighted by Crippen LogP contribution is 2.33. The predicted molar refractivity (Wildman–Crippen MR) is 85.4 cm³/mol. The molecule has 142 valence electrons. The first kappa shape index (κ1) is 19.8. The minimum atomic E-state index is -0.942. The third-order valence-electron chi connectivity index (χ3n) is 3.85. The molecule has 0 aromatic heterocycles. The summed E-state index contributed by atoms with van der Waals surface area (Å²) < 4.78 is 33.7. The van der Waals surface area contributed by atoms with Gasteiger partial charge in [-0.3, -0.25) is 9.59 Å². The van der Waals surface area contributed by atoms with Crippen LogP contribution in [0.1, 0.15) is 33.6 Å². The Labute approximate surface area is 147 Å². The van der Waals surface area contributed by atoms with E-state index >= 15 is 0 Å². The van der Waals surface area contributed by atoms with Crippen LogP contribution in [0.2, 0.25) is 0 Å². The minimum absolute atomic E-state index is 0.187. The lowest BCUT2D eigenvalue weighted by molar-refractivity contribution is -0.359. The topological polar surface area (TPSA) is 89.5 Å². The first-order valence-electron chi connectivity index (χ1n) is 8.45. The van der Waals surface area contributed by atoms with Gasteiger partial charge < -0.3 is 28.4 Å². The number of ether oxygens (including phenoxy) is 6. The van der Waals surface area contributed by atoms with Crippen LogP contribution in [0.5, 0.6) is 0 Å². The summed E-state index contributed by atoms with van der Waals surface area (Å²) in [4.78, 5) is 23.1. The molecule has 0 aromatic carbocycles. The second-order valence-electron chi connectivity index (χ2n) is 5.97. The summed E-state index contributed by atoms with van der Waals surface area (Å²) in [6.45, 7) is 8.62. The average Bonchev–Trinajstić information content (AvgIpc) is 2.55. The second kappa shape index (κ2) is 9.28. The zero-order chi connectivity index (χ0) is 18.4. The van der Waals surface area contributed by atoms with Crippen LogP contribution in [0.4, 0.5) is 0 Å². The third-order valence-corrected chi connectivity index (χ3v) is 3.85. The molecule has 0 radical (unpaired) electrons. The van der Waals surface area contributed by atoms with E-state index in [0.717, 1.165) is 6.42 Å². The summed E-state index contributed by atoms with van der Waals surface area (Å²) >= 11 is 0. The van der Waals surface area contributed by atoms with Gasteiger partial charge in [0.1, 0.15) is 12.2 Å². The summed E-state index contributed by atoms with van der Waals surface area (Å²) in [5.41, 5.74) is 0. The zero-order valence-corrected chi connectivity index (χ0v) is 14.8. The van der Waals surface area contributed by atoms with Crippen molar-refractivity contribution in [3.63, 3.8) is 0 Å². The Balaban J connectivity index is 2.24. The molecule has 0 spiro atoms. The molecule has 0 aromatic rings. The van der Waals surface area contributed by atoms with E-state index < -0.39 is 48.9 Å². The Hall–Kier alpha value is -1.48. The highest BCUT2D eigenvalue weighted by Gasteiger charge is 2.53. The Morgan fingerprint density at radius 3 is 2.44 bits per heavy atom. The normalized spacial score (nSPS) is 34.7. The van der Waals surface area contributed by atoms with Crippen molar-refractivity contribution in [3.05, 3.63) is 12.7 Å².